The van der Waals surface area contributed by atoms with Gasteiger partial charge < -0.3 is 11.1 Å². The smallest absolute Gasteiger partial charge is 0.229 e. The van der Waals surface area contributed by atoms with Crippen molar-refractivity contribution in [1.82, 2.24) is 0 Å². The van der Waals surface area contributed by atoms with E-state index < -0.39 is 0 Å². The fourth-order valence-electron chi connectivity index (χ4n) is 2.45. The van der Waals surface area contributed by atoms with Crippen LogP contribution in [0.5, 0.6) is 0 Å². The number of amides is 1. The summed E-state index contributed by atoms with van der Waals surface area (Å²) in [5.74, 6) is -0.0960. The SMILES string of the molecule is NC1CCCCCC1C(=O)Nc1ccccc1Cl. The lowest BCUT2D eigenvalue weighted by Gasteiger charge is -2.20. The maximum atomic E-state index is 12.2. The van der Waals surface area contributed by atoms with E-state index >= 15 is 0 Å². The molecule has 4 heteroatoms. The van der Waals surface area contributed by atoms with Crippen molar-refractivity contribution in [2.24, 2.45) is 11.7 Å². The molecular weight excluding hydrogens is 248 g/mol. The number of benzene rings is 1. The molecule has 2 unspecified atom stereocenters. The molecule has 1 aromatic carbocycles. The average Bonchev–Trinajstić information content (AvgIpc) is 2.57. The van der Waals surface area contributed by atoms with Gasteiger partial charge in [-0.3, -0.25) is 4.79 Å². The highest BCUT2D eigenvalue weighted by Crippen LogP contribution is 2.26. The monoisotopic (exact) mass is 266 g/mol. The predicted molar refractivity (Wildman–Crippen MR) is 74.6 cm³/mol. The summed E-state index contributed by atoms with van der Waals surface area (Å²) in [5.41, 5.74) is 6.75. The minimum Gasteiger partial charge on any atom is -0.327 e. The van der Waals surface area contributed by atoms with Crippen molar-refractivity contribution >= 4 is 23.2 Å². The fraction of sp³-hybridized carbons (Fsp3) is 0.500. The molecule has 1 amide bonds. The third-order valence-electron chi connectivity index (χ3n) is 3.54. The molecule has 98 valence electrons. The number of anilines is 1. The molecule has 1 aromatic rings. The van der Waals surface area contributed by atoms with Gasteiger partial charge in [-0.15, -0.1) is 0 Å². The van der Waals surface area contributed by atoms with Crippen molar-refractivity contribution in [2.45, 2.75) is 38.1 Å². The molecule has 3 N–H and O–H groups in total. The highest BCUT2D eigenvalue weighted by Gasteiger charge is 2.27. The molecule has 0 bridgehead atoms. The minimum absolute atomic E-state index is 0.00231. The van der Waals surface area contributed by atoms with Crippen LogP contribution in [0, 0.1) is 5.92 Å². The number of nitrogens with two attached hydrogens (primary N) is 1. The zero-order chi connectivity index (χ0) is 13.0. The van der Waals surface area contributed by atoms with Crippen molar-refractivity contribution in [3.63, 3.8) is 0 Å². The van der Waals surface area contributed by atoms with Gasteiger partial charge in [-0.25, -0.2) is 0 Å². The van der Waals surface area contributed by atoms with Crippen molar-refractivity contribution in [3.8, 4) is 0 Å². The third-order valence-corrected chi connectivity index (χ3v) is 3.87. The highest BCUT2D eigenvalue weighted by molar-refractivity contribution is 6.33. The average molecular weight is 267 g/mol. The number of hydrogen-bond donors (Lipinski definition) is 2. The standard InChI is InChI=1S/C14H19ClN2O/c15-11-7-4-5-9-13(11)17-14(18)10-6-2-1-3-8-12(10)16/h4-5,7,9-10,12H,1-3,6,8,16H2,(H,17,18). The Morgan fingerprint density at radius 3 is 2.72 bits per heavy atom. The maximum absolute atomic E-state index is 12.2. The molecule has 1 fully saturated rings. The summed E-state index contributed by atoms with van der Waals surface area (Å²) in [6.07, 6.45) is 5.17. The number of carbonyl (C=O) groups excluding carboxylic acids is 1. The van der Waals surface area contributed by atoms with Crippen LogP contribution in [0.25, 0.3) is 0 Å². The largest absolute Gasteiger partial charge is 0.327 e. The van der Waals surface area contributed by atoms with Crippen LogP contribution in [0.2, 0.25) is 5.02 Å². The van der Waals surface area contributed by atoms with Crippen LogP contribution in [0.3, 0.4) is 0 Å². The first kappa shape index (κ1) is 13.4. The van der Waals surface area contributed by atoms with Gasteiger partial charge in [0.1, 0.15) is 0 Å². The summed E-state index contributed by atoms with van der Waals surface area (Å²) in [6.45, 7) is 0. The molecule has 0 aliphatic heterocycles. The first-order chi connectivity index (χ1) is 8.68. The number of nitrogens with one attached hydrogen (secondary N) is 1. The first-order valence-electron chi connectivity index (χ1n) is 6.49. The lowest BCUT2D eigenvalue weighted by molar-refractivity contribution is -0.120. The Kier molecular flexibility index (Phi) is 4.61. The lowest BCUT2D eigenvalue weighted by atomic mass is 9.94. The normalized spacial score (nSPS) is 24.3. The van der Waals surface area contributed by atoms with Crippen molar-refractivity contribution in [2.75, 3.05) is 5.32 Å². The van der Waals surface area contributed by atoms with Crippen LogP contribution in [0.4, 0.5) is 5.69 Å². The van der Waals surface area contributed by atoms with E-state index in [2.05, 4.69) is 5.32 Å². The minimum atomic E-state index is -0.0937. The number of halogens is 1. The van der Waals surface area contributed by atoms with Gasteiger partial charge in [-0.05, 0) is 25.0 Å². The fourth-order valence-corrected chi connectivity index (χ4v) is 2.63. The number of para-hydroxylation sites is 1. The molecule has 0 saturated heterocycles. The maximum Gasteiger partial charge on any atom is 0.229 e. The Morgan fingerprint density at radius 1 is 1.22 bits per heavy atom. The second-order valence-electron chi connectivity index (χ2n) is 4.88. The predicted octanol–water partition coefficient (Wildman–Crippen LogP) is 3.19. The zero-order valence-corrected chi connectivity index (χ0v) is 11.1. The van der Waals surface area contributed by atoms with Gasteiger partial charge in [0.2, 0.25) is 5.91 Å². The van der Waals surface area contributed by atoms with Gasteiger partial charge in [0.25, 0.3) is 0 Å². The molecule has 1 saturated carbocycles. The summed E-state index contributed by atoms with van der Waals surface area (Å²) in [4.78, 5) is 12.2. The van der Waals surface area contributed by atoms with Gasteiger partial charge >= 0.3 is 0 Å². The summed E-state index contributed by atoms with van der Waals surface area (Å²) in [6, 6.07) is 7.24. The topological polar surface area (TPSA) is 55.1 Å². The Hall–Kier alpha value is -1.06. The zero-order valence-electron chi connectivity index (χ0n) is 10.4. The summed E-state index contributed by atoms with van der Waals surface area (Å²) < 4.78 is 0. The summed E-state index contributed by atoms with van der Waals surface area (Å²) >= 11 is 6.03. The van der Waals surface area contributed by atoms with E-state index in [1.54, 1.807) is 6.07 Å². The van der Waals surface area contributed by atoms with Crippen LogP contribution in [0.1, 0.15) is 32.1 Å². The molecule has 0 spiro atoms. The Morgan fingerprint density at radius 2 is 1.94 bits per heavy atom. The van der Waals surface area contributed by atoms with Gasteiger partial charge in [0, 0.05) is 6.04 Å². The van der Waals surface area contributed by atoms with E-state index in [4.69, 9.17) is 17.3 Å². The molecule has 3 nitrogen and oxygen atoms in total. The third kappa shape index (κ3) is 3.24. The second-order valence-corrected chi connectivity index (χ2v) is 5.28. The van der Waals surface area contributed by atoms with E-state index in [0.717, 1.165) is 25.7 Å². The highest BCUT2D eigenvalue weighted by atomic mass is 35.5. The Bertz CT molecular complexity index is 422. The van der Waals surface area contributed by atoms with Crippen molar-refractivity contribution in [1.29, 1.82) is 0 Å². The summed E-state index contributed by atoms with van der Waals surface area (Å²) in [5, 5.41) is 3.45. The van der Waals surface area contributed by atoms with Crippen LogP contribution in [0.15, 0.2) is 24.3 Å². The van der Waals surface area contributed by atoms with Crippen LogP contribution >= 0.6 is 11.6 Å². The molecular formula is C14H19ClN2O. The molecule has 0 radical (unpaired) electrons. The van der Waals surface area contributed by atoms with Crippen molar-refractivity contribution < 1.29 is 4.79 Å². The molecule has 2 rings (SSSR count). The number of rotatable bonds is 2. The molecule has 2 atom stereocenters. The van der Waals surface area contributed by atoms with Crippen LogP contribution < -0.4 is 11.1 Å². The van der Waals surface area contributed by atoms with Gasteiger partial charge in [-0.1, -0.05) is 43.0 Å². The quantitative estimate of drug-likeness (QED) is 0.808. The Balaban J connectivity index is 2.04. The van der Waals surface area contributed by atoms with E-state index in [1.165, 1.54) is 6.42 Å². The van der Waals surface area contributed by atoms with Gasteiger partial charge in [-0.2, -0.15) is 0 Å². The summed E-state index contributed by atoms with van der Waals surface area (Å²) in [7, 11) is 0. The van der Waals surface area contributed by atoms with E-state index in [0.29, 0.717) is 10.7 Å². The van der Waals surface area contributed by atoms with Gasteiger partial charge in [0.05, 0.1) is 16.6 Å². The molecule has 18 heavy (non-hydrogen) atoms. The number of carbonyl (C=O) groups is 1. The first-order valence-corrected chi connectivity index (χ1v) is 6.87. The second kappa shape index (κ2) is 6.21. The molecule has 0 aromatic heterocycles. The van der Waals surface area contributed by atoms with Crippen LogP contribution in [-0.4, -0.2) is 11.9 Å². The molecule has 1 aliphatic carbocycles. The van der Waals surface area contributed by atoms with Gasteiger partial charge in [0.15, 0.2) is 0 Å². The van der Waals surface area contributed by atoms with E-state index in [1.807, 2.05) is 18.2 Å². The van der Waals surface area contributed by atoms with Crippen molar-refractivity contribution in [3.05, 3.63) is 29.3 Å². The molecule has 1 aliphatic rings. The Labute approximate surface area is 113 Å². The number of hydrogen-bond acceptors (Lipinski definition) is 2. The van der Waals surface area contributed by atoms with Crippen LogP contribution in [-0.2, 0) is 4.79 Å². The van der Waals surface area contributed by atoms with E-state index in [9.17, 15) is 4.79 Å². The lowest BCUT2D eigenvalue weighted by Crippen LogP contribution is -2.37. The van der Waals surface area contributed by atoms with E-state index in [-0.39, 0.29) is 17.9 Å². The molecule has 0 heterocycles.